The largest absolute Gasteiger partial charge is 0.443 e. The number of oxazole rings is 1. The van der Waals surface area contributed by atoms with Gasteiger partial charge < -0.3 is 15.1 Å². The number of nitrogens with zero attached hydrogens (tertiary/aromatic N) is 1. The summed E-state index contributed by atoms with van der Waals surface area (Å²) in [6.45, 7) is 4.69. The zero-order valence-electron chi connectivity index (χ0n) is 10.8. The molecule has 96 valence electrons. The molecule has 0 unspecified atom stereocenters. The Morgan fingerprint density at radius 2 is 2.22 bits per heavy atom. The van der Waals surface area contributed by atoms with Crippen LogP contribution in [0.3, 0.4) is 0 Å². The summed E-state index contributed by atoms with van der Waals surface area (Å²) in [7, 11) is 1.60. The number of hydrogen-bond acceptors (Lipinski definition) is 3. The fourth-order valence-electron chi connectivity index (χ4n) is 1.77. The van der Waals surface area contributed by atoms with E-state index < -0.39 is 0 Å². The summed E-state index contributed by atoms with van der Waals surface area (Å²) in [4.78, 5) is 15.3. The van der Waals surface area contributed by atoms with Crippen molar-refractivity contribution >= 4 is 17.1 Å². The first-order chi connectivity index (χ1) is 8.53. The molecule has 1 aromatic carbocycles. The fourth-order valence-corrected chi connectivity index (χ4v) is 1.77. The summed E-state index contributed by atoms with van der Waals surface area (Å²) in [5, 5.41) is 5.35. The first-order valence-corrected chi connectivity index (χ1v) is 5.82. The van der Waals surface area contributed by atoms with Crippen LogP contribution in [0.2, 0.25) is 0 Å². The van der Waals surface area contributed by atoms with Crippen LogP contribution in [-0.2, 0) is 5.41 Å². The Balaban J connectivity index is 2.19. The minimum absolute atomic E-state index is 0.173. The zero-order chi connectivity index (χ0) is 13.2. The summed E-state index contributed by atoms with van der Waals surface area (Å²) < 4.78 is 5.29. The summed E-state index contributed by atoms with van der Waals surface area (Å²) >= 11 is 0. The highest BCUT2D eigenvalue weighted by Crippen LogP contribution is 2.25. The van der Waals surface area contributed by atoms with Gasteiger partial charge in [-0.15, -0.1) is 0 Å². The lowest BCUT2D eigenvalue weighted by Crippen LogP contribution is -2.40. The van der Waals surface area contributed by atoms with Crippen molar-refractivity contribution in [1.29, 1.82) is 0 Å². The standard InChI is InChI=1S/C13H17N3O2/c1-13(2,7-15-12(17)14-3)9-4-5-10-11(6-9)18-8-16-10/h4-6,8H,7H2,1-3H3,(H2,14,15,17). The number of urea groups is 1. The lowest BCUT2D eigenvalue weighted by atomic mass is 9.84. The average molecular weight is 247 g/mol. The third-order valence-electron chi connectivity index (χ3n) is 3.03. The number of benzene rings is 1. The Hall–Kier alpha value is -2.04. The lowest BCUT2D eigenvalue weighted by molar-refractivity contribution is 0.240. The van der Waals surface area contributed by atoms with E-state index in [2.05, 4.69) is 29.5 Å². The molecule has 18 heavy (non-hydrogen) atoms. The smallest absolute Gasteiger partial charge is 0.314 e. The van der Waals surface area contributed by atoms with Crippen molar-refractivity contribution in [2.75, 3.05) is 13.6 Å². The molecular weight excluding hydrogens is 230 g/mol. The summed E-state index contributed by atoms with van der Waals surface area (Å²) in [5.74, 6) is 0. The number of carbonyl (C=O) groups is 1. The molecule has 2 aromatic rings. The van der Waals surface area contributed by atoms with Crippen molar-refractivity contribution < 1.29 is 9.21 Å². The second-order valence-electron chi connectivity index (χ2n) is 4.85. The van der Waals surface area contributed by atoms with E-state index in [9.17, 15) is 4.79 Å². The molecule has 0 fully saturated rings. The molecule has 0 spiro atoms. The summed E-state index contributed by atoms with van der Waals surface area (Å²) in [6.07, 6.45) is 1.43. The van der Waals surface area contributed by atoms with Gasteiger partial charge in [-0.1, -0.05) is 19.9 Å². The summed E-state index contributed by atoms with van der Waals surface area (Å²) in [5.41, 5.74) is 2.53. The SMILES string of the molecule is CNC(=O)NCC(C)(C)c1ccc2ncoc2c1. The topological polar surface area (TPSA) is 67.2 Å². The minimum atomic E-state index is -0.177. The second kappa shape index (κ2) is 4.68. The Labute approximate surface area is 106 Å². The zero-order valence-corrected chi connectivity index (χ0v) is 10.8. The third-order valence-corrected chi connectivity index (χ3v) is 3.03. The van der Waals surface area contributed by atoms with E-state index in [0.717, 1.165) is 16.7 Å². The van der Waals surface area contributed by atoms with Crippen molar-refractivity contribution in [3.63, 3.8) is 0 Å². The highest BCUT2D eigenvalue weighted by atomic mass is 16.3. The van der Waals surface area contributed by atoms with Gasteiger partial charge in [-0.05, 0) is 17.7 Å². The first kappa shape index (κ1) is 12.4. The van der Waals surface area contributed by atoms with Gasteiger partial charge >= 0.3 is 6.03 Å². The number of hydrogen-bond donors (Lipinski definition) is 2. The number of fused-ring (bicyclic) bond motifs is 1. The predicted molar refractivity (Wildman–Crippen MR) is 69.5 cm³/mol. The molecule has 0 radical (unpaired) electrons. The number of aromatic nitrogens is 1. The van der Waals surface area contributed by atoms with Crippen LogP contribution in [0, 0.1) is 0 Å². The molecule has 0 saturated carbocycles. The van der Waals surface area contributed by atoms with Crippen LogP contribution in [0.25, 0.3) is 11.1 Å². The monoisotopic (exact) mass is 247 g/mol. The fraction of sp³-hybridized carbons (Fsp3) is 0.385. The van der Waals surface area contributed by atoms with E-state index in [-0.39, 0.29) is 11.4 Å². The number of nitrogens with one attached hydrogen (secondary N) is 2. The molecule has 2 rings (SSSR count). The minimum Gasteiger partial charge on any atom is -0.443 e. The Morgan fingerprint density at radius 3 is 2.94 bits per heavy atom. The maximum atomic E-state index is 11.2. The van der Waals surface area contributed by atoms with E-state index in [4.69, 9.17) is 4.42 Å². The van der Waals surface area contributed by atoms with E-state index in [1.165, 1.54) is 6.39 Å². The summed E-state index contributed by atoms with van der Waals surface area (Å²) in [6, 6.07) is 5.73. The Bertz CT molecular complexity index is 560. The van der Waals surface area contributed by atoms with Gasteiger partial charge in [0, 0.05) is 19.0 Å². The van der Waals surface area contributed by atoms with Crippen molar-refractivity contribution in [2.24, 2.45) is 0 Å². The van der Waals surface area contributed by atoms with Gasteiger partial charge in [0.05, 0.1) is 0 Å². The van der Waals surface area contributed by atoms with Gasteiger partial charge in [0.15, 0.2) is 12.0 Å². The van der Waals surface area contributed by atoms with Crippen LogP contribution in [0.15, 0.2) is 29.0 Å². The highest BCUT2D eigenvalue weighted by Gasteiger charge is 2.22. The van der Waals surface area contributed by atoms with E-state index >= 15 is 0 Å². The molecule has 5 heteroatoms. The Morgan fingerprint density at radius 1 is 1.44 bits per heavy atom. The van der Waals surface area contributed by atoms with E-state index in [1.807, 2.05) is 18.2 Å². The van der Waals surface area contributed by atoms with Gasteiger partial charge in [0.2, 0.25) is 0 Å². The Kier molecular flexibility index (Phi) is 3.23. The molecule has 1 aromatic heterocycles. The van der Waals surface area contributed by atoms with Crippen LogP contribution in [0.1, 0.15) is 19.4 Å². The molecule has 5 nitrogen and oxygen atoms in total. The molecule has 0 bridgehead atoms. The van der Waals surface area contributed by atoms with Crippen molar-refractivity contribution in [1.82, 2.24) is 15.6 Å². The van der Waals surface area contributed by atoms with Gasteiger partial charge in [-0.25, -0.2) is 9.78 Å². The van der Waals surface area contributed by atoms with Crippen LogP contribution in [0.5, 0.6) is 0 Å². The van der Waals surface area contributed by atoms with Crippen molar-refractivity contribution in [3.8, 4) is 0 Å². The molecule has 0 aliphatic carbocycles. The van der Waals surface area contributed by atoms with Crippen molar-refractivity contribution in [2.45, 2.75) is 19.3 Å². The quantitative estimate of drug-likeness (QED) is 0.872. The molecule has 1 heterocycles. The van der Waals surface area contributed by atoms with E-state index in [0.29, 0.717) is 6.54 Å². The van der Waals surface area contributed by atoms with Gasteiger partial charge in [-0.3, -0.25) is 0 Å². The van der Waals surface area contributed by atoms with Crippen LogP contribution < -0.4 is 10.6 Å². The average Bonchev–Trinajstić information content (AvgIpc) is 2.83. The number of carbonyl (C=O) groups excluding carboxylic acids is 1. The molecule has 0 saturated heterocycles. The van der Waals surface area contributed by atoms with Gasteiger partial charge in [0.1, 0.15) is 5.52 Å². The normalized spacial score (nSPS) is 11.5. The highest BCUT2D eigenvalue weighted by molar-refractivity contribution is 5.74. The van der Waals surface area contributed by atoms with Gasteiger partial charge in [0.25, 0.3) is 0 Å². The molecule has 0 aliphatic heterocycles. The third kappa shape index (κ3) is 2.45. The van der Waals surface area contributed by atoms with Crippen LogP contribution in [-0.4, -0.2) is 24.6 Å². The molecule has 2 N–H and O–H groups in total. The number of amides is 2. The first-order valence-electron chi connectivity index (χ1n) is 5.82. The second-order valence-corrected chi connectivity index (χ2v) is 4.85. The van der Waals surface area contributed by atoms with E-state index in [1.54, 1.807) is 7.05 Å². The van der Waals surface area contributed by atoms with Gasteiger partial charge in [-0.2, -0.15) is 0 Å². The van der Waals surface area contributed by atoms with Crippen molar-refractivity contribution in [3.05, 3.63) is 30.2 Å². The molecule has 0 aliphatic rings. The predicted octanol–water partition coefficient (Wildman–Crippen LogP) is 2.03. The number of rotatable bonds is 3. The van der Waals surface area contributed by atoms with Crippen LogP contribution >= 0.6 is 0 Å². The maximum absolute atomic E-state index is 11.2. The lowest BCUT2D eigenvalue weighted by Gasteiger charge is -2.25. The molecule has 2 amide bonds. The molecular formula is C13H17N3O2. The van der Waals surface area contributed by atoms with Crippen LogP contribution in [0.4, 0.5) is 4.79 Å². The molecule has 0 atom stereocenters. The maximum Gasteiger partial charge on any atom is 0.314 e.